The van der Waals surface area contributed by atoms with E-state index in [4.69, 9.17) is 25.5 Å². The molecule has 3 aliphatic heterocycles. The van der Waals surface area contributed by atoms with Crippen LogP contribution in [0.2, 0.25) is 5.02 Å². The zero-order chi connectivity index (χ0) is 25.2. The van der Waals surface area contributed by atoms with E-state index in [1.165, 1.54) is 0 Å². The monoisotopic (exact) mass is 528 g/mol. The number of aliphatic hydroxyl groups is 1. The van der Waals surface area contributed by atoms with Crippen molar-refractivity contribution in [3.8, 4) is 5.75 Å². The Morgan fingerprint density at radius 1 is 1.11 bits per heavy atom. The van der Waals surface area contributed by atoms with Crippen LogP contribution in [0.3, 0.4) is 0 Å². The first-order chi connectivity index (χ1) is 17.1. The van der Waals surface area contributed by atoms with E-state index in [-0.39, 0.29) is 61.4 Å². The van der Waals surface area contributed by atoms with Crippen LogP contribution in [-0.2, 0) is 14.3 Å². The van der Waals surface area contributed by atoms with Gasteiger partial charge in [-0.05, 0) is 49.8 Å². The highest BCUT2D eigenvalue weighted by Gasteiger charge is 2.51. The molecule has 0 radical (unpaired) electrons. The SMILES string of the molecule is O=C(C[C@@H]1C[C@@H]2O[C@H]1C[C@H]2c1nnc(C2CC(OC(F)(F)F)C2)o1)[C@H]1C[C@@H](O)c2cc(Cl)ccc2O1. The van der Waals surface area contributed by atoms with Crippen molar-refractivity contribution in [3.05, 3.63) is 40.6 Å². The summed E-state index contributed by atoms with van der Waals surface area (Å²) in [4.78, 5) is 13.0. The quantitative estimate of drug-likeness (QED) is 0.580. The minimum atomic E-state index is -4.64. The number of rotatable bonds is 6. The van der Waals surface area contributed by atoms with E-state index in [0.29, 0.717) is 41.0 Å². The molecule has 1 saturated carbocycles. The molecule has 4 aliphatic rings. The molecule has 3 fully saturated rings. The first-order valence-corrected chi connectivity index (χ1v) is 12.4. The smallest absolute Gasteiger partial charge is 0.482 e. The van der Waals surface area contributed by atoms with E-state index in [2.05, 4.69) is 14.9 Å². The van der Waals surface area contributed by atoms with Crippen molar-refractivity contribution in [2.24, 2.45) is 5.92 Å². The van der Waals surface area contributed by atoms with Gasteiger partial charge in [-0.3, -0.25) is 9.53 Å². The predicted molar refractivity (Wildman–Crippen MR) is 116 cm³/mol. The van der Waals surface area contributed by atoms with Gasteiger partial charge in [-0.25, -0.2) is 0 Å². The van der Waals surface area contributed by atoms with Gasteiger partial charge in [-0.15, -0.1) is 23.4 Å². The number of benzene rings is 1. The van der Waals surface area contributed by atoms with Crippen LogP contribution < -0.4 is 4.74 Å². The number of fused-ring (bicyclic) bond motifs is 3. The molecule has 1 aromatic heterocycles. The van der Waals surface area contributed by atoms with Crippen LogP contribution >= 0.6 is 11.6 Å². The summed E-state index contributed by atoms with van der Waals surface area (Å²) in [5, 5.41) is 19.1. The highest BCUT2D eigenvalue weighted by atomic mass is 35.5. The second-order valence-electron chi connectivity index (χ2n) is 10.1. The standard InChI is InChI=1S/C24H24ClF3N2O6/c25-12-1-2-18-14(7-12)16(31)9-21(33-18)17(32)5-10-6-20-15(8-19(10)34-20)23-30-29-22(35-23)11-3-13(4-11)36-24(26,27)28/h1-2,7,10-11,13,15-16,19-21,31H,3-6,8-9H2/t10-,11?,13?,15-,16-,19+,20+,21-/m1/s1. The Balaban J connectivity index is 1.02. The first kappa shape index (κ1) is 24.1. The van der Waals surface area contributed by atoms with Gasteiger partial charge in [0.2, 0.25) is 11.8 Å². The molecular weight excluding hydrogens is 505 g/mol. The fraction of sp³-hybridized carbons (Fsp3) is 0.625. The highest BCUT2D eigenvalue weighted by Crippen LogP contribution is 2.49. The second kappa shape index (κ2) is 8.97. The summed E-state index contributed by atoms with van der Waals surface area (Å²) in [5.74, 6) is 0.835. The van der Waals surface area contributed by atoms with Crippen molar-refractivity contribution in [1.82, 2.24) is 10.2 Å². The molecular formula is C24H24ClF3N2O6. The van der Waals surface area contributed by atoms with Crippen LogP contribution in [0.25, 0.3) is 0 Å². The van der Waals surface area contributed by atoms with Gasteiger partial charge in [-0.1, -0.05) is 11.6 Å². The number of hydrogen-bond acceptors (Lipinski definition) is 8. The number of halogens is 4. The molecule has 1 N–H and O–H groups in total. The van der Waals surface area contributed by atoms with Crippen LogP contribution in [0.1, 0.15) is 73.8 Å². The van der Waals surface area contributed by atoms with Gasteiger partial charge in [-0.2, -0.15) is 0 Å². The Kier molecular flexibility index (Phi) is 6.01. The van der Waals surface area contributed by atoms with Gasteiger partial charge in [0, 0.05) is 29.3 Å². The molecule has 6 rings (SSSR count). The van der Waals surface area contributed by atoms with Crippen molar-refractivity contribution in [2.75, 3.05) is 0 Å². The number of aliphatic hydroxyl groups excluding tert-OH is 1. The first-order valence-electron chi connectivity index (χ1n) is 12.0. The molecule has 0 spiro atoms. The summed E-state index contributed by atoms with van der Waals surface area (Å²) >= 11 is 6.00. The van der Waals surface area contributed by atoms with E-state index in [1.54, 1.807) is 18.2 Å². The van der Waals surface area contributed by atoms with E-state index in [1.807, 2.05) is 0 Å². The van der Waals surface area contributed by atoms with E-state index >= 15 is 0 Å². The lowest BCUT2D eigenvalue weighted by Gasteiger charge is -2.32. The van der Waals surface area contributed by atoms with Crippen molar-refractivity contribution in [1.29, 1.82) is 0 Å². The lowest BCUT2D eigenvalue weighted by Crippen LogP contribution is -2.36. The number of nitrogens with zero attached hydrogens (tertiary/aromatic N) is 2. The molecule has 194 valence electrons. The molecule has 1 aromatic carbocycles. The summed E-state index contributed by atoms with van der Waals surface area (Å²) < 4.78 is 58.7. The third-order valence-electron chi connectivity index (χ3n) is 7.72. The van der Waals surface area contributed by atoms with E-state index in [9.17, 15) is 23.1 Å². The number of alkyl halides is 3. The van der Waals surface area contributed by atoms with Crippen LogP contribution in [-0.4, -0.2) is 51.9 Å². The Morgan fingerprint density at radius 3 is 2.61 bits per heavy atom. The van der Waals surface area contributed by atoms with Crippen molar-refractivity contribution < 1.29 is 41.7 Å². The summed E-state index contributed by atoms with van der Waals surface area (Å²) in [6.45, 7) is 0. The summed E-state index contributed by atoms with van der Waals surface area (Å²) in [7, 11) is 0. The minimum absolute atomic E-state index is 0.0282. The molecule has 12 heteroatoms. The molecule has 0 amide bonds. The maximum Gasteiger partial charge on any atom is 0.522 e. The van der Waals surface area contributed by atoms with Gasteiger partial charge >= 0.3 is 6.36 Å². The van der Waals surface area contributed by atoms with Gasteiger partial charge in [0.05, 0.1) is 30.3 Å². The van der Waals surface area contributed by atoms with Crippen LogP contribution in [0.5, 0.6) is 5.75 Å². The molecule has 2 saturated heterocycles. The molecule has 36 heavy (non-hydrogen) atoms. The van der Waals surface area contributed by atoms with E-state index in [0.717, 1.165) is 0 Å². The summed E-state index contributed by atoms with van der Waals surface area (Å²) in [5.41, 5.74) is 0.585. The fourth-order valence-corrected chi connectivity index (χ4v) is 6.02. The molecule has 4 heterocycles. The minimum Gasteiger partial charge on any atom is -0.482 e. The number of Topliss-reactive ketones (excluding diaryl/α,β-unsaturated/α-hetero) is 1. The Hall–Kier alpha value is -2.21. The molecule has 0 unspecified atom stereocenters. The number of aromatic nitrogens is 2. The predicted octanol–water partition coefficient (Wildman–Crippen LogP) is 4.61. The number of ketones is 1. The Bertz CT molecular complexity index is 1150. The Morgan fingerprint density at radius 2 is 1.89 bits per heavy atom. The van der Waals surface area contributed by atoms with Crippen LogP contribution in [0, 0.1) is 5.92 Å². The van der Waals surface area contributed by atoms with Gasteiger partial charge in [0.1, 0.15) is 5.75 Å². The molecule has 6 atom stereocenters. The maximum absolute atomic E-state index is 13.0. The van der Waals surface area contributed by atoms with Crippen LogP contribution in [0.4, 0.5) is 13.2 Å². The Labute approximate surface area is 209 Å². The second-order valence-corrected chi connectivity index (χ2v) is 10.5. The highest BCUT2D eigenvalue weighted by molar-refractivity contribution is 6.30. The number of hydrogen-bond donors (Lipinski definition) is 1. The molecule has 8 nitrogen and oxygen atoms in total. The van der Waals surface area contributed by atoms with Gasteiger partial charge < -0.3 is 19.0 Å². The number of ether oxygens (including phenoxy) is 3. The third-order valence-corrected chi connectivity index (χ3v) is 7.96. The topological polar surface area (TPSA) is 104 Å². The van der Waals surface area contributed by atoms with Gasteiger partial charge in [0.15, 0.2) is 11.9 Å². The summed E-state index contributed by atoms with van der Waals surface area (Å²) in [6.07, 6.45) is -5.24. The lowest BCUT2D eigenvalue weighted by molar-refractivity contribution is -0.352. The molecule has 1 aliphatic carbocycles. The summed E-state index contributed by atoms with van der Waals surface area (Å²) in [6, 6.07) is 4.97. The zero-order valence-corrected chi connectivity index (χ0v) is 19.7. The lowest BCUT2D eigenvalue weighted by atomic mass is 9.79. The average Bonchev–Trinajstić information content (AvgIpc) is 3.51. The normalized spacial score (nSPS) is 35.2. The maximum atomic E-state index is 13.0. The van der Waals surface area contributed by atoms with Crippen molar-refractivity contribution >= 4 is 17.4 Å². The zero-order valence-electron chi connectivity index (χ0n) is 19.0. The van der Waals surface area contributed by atoms with E-state index < -0.39 is 24.7 Å². The van der Waals surface area contributed by atoms with Gasteiger partial charge in [0.25, 0.3) is 0 Å². The van der Waals surface area contributed by atoms with Crippen molar-refractivity contribution in [3.63, 3.8) is 0 Å². The third kappa shape index (κ3) is 4.62. The number of carbonyl (C=O) groups is 1. The van der Waals surface area contributed by atoms with Crippen molar-refractivity contribution in [2.45, 2.75) is 87.2 Å². The average molecular weight is 529 g/mol. The molecule has 2 aromatic rings. The molecule has 2 bridgehead atoms. The number of carbonyl (C=O) groups excluding carboxylic acids is 1. The fourth-order valence-electron chi connectivity index (χ4n) is 5.84. The van der Waals surface area contributed by atoms with Crippen LogP contribution in [0.15, 0.2) is 22.6 Å². The largest absolute Gasteiger partial charge is 0.522 e.